The average molecular weight is 768 g/mol. The van der Waals surface area contributed by atoms with E-state index in [9.17, 15) is 24.3 Å². The minimum Gasteiger partial charge on any atom is -0.387 e. The molecule has 12 heteroatoms. The smallest absolute Gasteiger partial charge is 0.234 e. The van der Waals surface area contributed by atoms with Crippen molar-refractivity contribution in [2.24, 2.45) is 23.5 Å². The monoisotopic (exact) mass is 768 g/mol. The van der Waals surface area contributed by atoms with E-state index in [2.05, 4.69) is 51.8 Å². The lowest BCUT2D eigenvalue weighted by Crippen LogP contribution is -2.50. The summed E-state index contributed by atoms with van der Waals surface area (Å²) < 4.78 is 11.0. The molecule has 1 aliphatic heterocycles. The Morgan fingerprint density at radius 1 is 1.04 bits per heavy atom. The standard InChI is InChI=1S/C21H34N2O4.C12H25NO2.C6H14N2O.C3H8/c1-6-7-8-9-11-15(2)19(25)17(4)22-21(26)16(3)20(27-5)18-12-10-13-23(18)14-24;1-7-9(3)12(11(8-2)15-6)13(5)10(4)14;1-4(2)5(8-3)6(7)9;1-3-2/h6-8,11,14,16-20,25H,1,9-10,12-13H2,2-5H3,(H,22,26);9,11-12H,7-8H2,1-6H3;4-5,8H,1-3H3,(H2,7,9);3H2,1-2H3/b8-7-,15-11+;;;. The number of likely N-dealkylation sites (N-methyl/N-ethyl adjacent to an activating group) is 2. The van der Waals surface area contributed by atoms with Crippen molar-refractivity contribution in [3.63, 3.8) is 0 Å². The average Bonchev–Trinajstić information content (AvgIpc) is 3.60. The molecule has 0 radical (unpaired) electrons. The minimum absolute atomic E-state index is 0.0910. The predicted octanol–water partition coefficient (Wildman–Crippen LogP) is 5.64. The number of likely N-dealkylation sites (tertiary alicyclic amines) is 1. The van der Waals surface area contributed by atoms with E-state index < -0.39 is 18.1 Å². The van der Waals surface area contributed by atoms with Crippen LogP contribution in [0, 0.1) is 17.8 Å². The van der Waals surface area contributed by atoms with Gasteiger partial charge in [0.1, 0.15) is 0 Å². The van der Waals surface area contributed by atoms with Crippen molar-refractivity contribution < 1.29 is 33.8 Å². The third-order valence-electron chi connectivity index (χ3n) is 9.73. The maximum absolute atomic E-state index is 12.7. The van der Waals surface area contributed by atoms with Gasteiger partial charge in [0, 0.05) is 34.7 Å². The van der Waals surface area contributed by atoms with E-state index in [1.807, 2.05) is 50.9 Å². The molecule has 1 fully saturated rings. The van der Waals surface area contributed by atoms with E-state index in [0.29, 0.717) is 18.9 Å². The molecule has 12 nitrogen and oxygen atoms in total. The van der Waals surface area contributed by atoms with Crippen LogP contribution in [0.1, 0.15) is 115 Å². The van der Waals surface area contributed by atoms with Gasteiger partial charge in [-0.15, -0.1) is 0 Å². The second-order valence-corrected chi connectivity index (χ2v) is 14.4. The van der Waals surface area contributed by atoms with Crippen LogP contribution < -0.4 is 16.4 Å². The Labute approximate surface area is 329 Å². The SMILES string of the molecule is C=C/C=C\C/C=C(\C)C(O)C(C)NC(=O)C(C)C(OC)C1CCCN1C=O.CCC.CCC(C)C(C(CC)OC)N(C)C(C)=O.CNC(C(N)=O)C(C)C. The number of carbonyl (C=O) groups is 4. The molecular formula is C42H81N5O7. The summed E-state index contributed by atoms with van der Waals surface area (Å²) in [7, 11) is 6.88. The maximum Gasteiger partial charge on any atom is 0.234 e. The molecule has 0 bridgehead atoms. The highest BCUT2D eigenvalue weighted by molar-refractivity contribution is 5.80. The zero-order chi connectivity index (χ0) is 42.6. The third kappa shape index (κ3) is 21.1. The van der Waals surface area contributed by atoms with Crippen molar-refractivity contribution in [3.8, 4) is 0 Å². The second-order valence-electron chi connectivity index (χ2n) is 14.4. The maximum atomic E-state index is 12.7. The Morgan fingerprint density at radius 3 is 1.98 bits per heavy atom. The van der Waals surface area contributed by atoms with Gasteiger partial charge in [-0.1, -0.05) is 99.1 Å². The van der Waals surface area contributed by atoms with Gasteiger partial charge in [-0.05, 0) is 64.0 Å². The molecule has 0 aliphatic carbocycles. The molecule has 4 amide bonds. The summed E-state index contributed by atoms with van der Waals surface area (Å²) in [5.41, 5.74) is 5.85. The topological polar surface area (TPSA) is 164 Å². The fourth-order valence-corrected chi connectivity index (χ4v) is 6.32. The van der Waals surface area contributed by atoms with Gasteiger partial charge < -0.3 is 40.7 Å². The number of ether oxygens (including phenoxy) is 2. The number of hydrogen-bond donors (Lipinski definition) is 4. The van der Waals surface area contributed by atoms with Crippen molar-refractivity contribution in [2.45, 2.75) is 157 Å². The van der Waals surface area contributed by atoms with Gasteiger partial charge in [-0.3, -0.25) is 19.2 Å². The lowest BCUT2D eigenvalue weighted by Gasteiger charge is -2.36. The largest absolute Gasteiger partial charge is 0.387 e. The summed E-state index contributed by atoms with van der Waals surface area (Å²) in [6, 6.07) is -0.526. The number of hydrogen-bond acceptors (Lipinski definition) is 8. The van der Waals surface area contributed by atoms with Gasteiger partial charge in [-0.25, -0.2) is 0 Å². The van der Waals surface area contributed by atoms with Crippen LogP contribution in [0.15, 0.2) is 36.5 Å². The Kier molecular flexibility index (Phi) is 33.0. The van der Waals surface area contributed by atoms with Crippen molar-refractivity contribution in [1.82, 2.24) is 20.4 Å². The molecule has 54 heavy (non-hydrogen) atoms. The normalized spacial score (nSPS) is 18.5. The molecule has 0 saturated carbocycles. The number of allylic oxidation sites excluding steroid dienone is 4. The highest BCUT2D eigenvalue weighted by atomic mass is 16.5. The summed E-state index contributed by atoms with van der Waals surface area (Å²) in [6.07, 6.45) is 12.9. The minimum atomic E-state index is -0.766. The third-order valence-corrected chi connectivity index (χ3v) is 9.73. The van der Waals surface area contributed by atoms with E-state index in [0.717, 1.165) is 37.7 Å². The van der Waals surface area contributed by atoms with E-state index in [1.165, 1.54) is 6.42 Å². The summed E-state index contributed by atoms with van der Waals surface area (Å²) in [5, 5.41) is 16.2. The first-order chi connectivity index (χ1) is 25.4. The molecular weight excluding hydrogens is 686 g/mol. The van der Waals surface area contributed by atoms with Gasteiger partial charge >= 0.3 is 0 Å². The van der Waals surface area contributed by atoms with Gasteiger partial charge in [0.05, 0.1) is 48.4 Å². The number of rotatable bonds is 20. The van der Waals surface area contributed by atoms with E-state index in [-0.39, 0.29) is 54.0 Å². The fourth-order valence-electron chi connectivity index (χ4n) is 6.32. The Hall–Kier alpha value is -3.06. The highest BCUT2D eigenvalue weighted by Crippen LogP contribution is 2.25. The van der Waals surface area contributed by atoms with Crippen LogP contribution in [0.3, 0.4) is 0 Å². The number of aliphatic hydroxyl groups is 1. The lowest BCUT2D eigenvalue weighted by molar-refractivity contribution is -0.134. The summed E-state index contributed by atoms with van der Waals surface area (Å²) in [5.74, 6) is -0.0693. The zero-order valence-corrected chi connectivity index (χ0v) is 36.7. The summed E-state index contributed by atoms with van der Waals surface area (Å²) >= 11 is 0. The van der Waals surface area contributed by atoms with Crippen LogP contribution in [-0.4, -0.2) is 116 Å². The van der Waals surface area contributed by atoms with Crippen molar-refractivity contribution in [2.75, 3.05) is 34.9 Å². The number of nitrogens with two attached hydrogens (primary N) is 1. The molecule has 1 saturated heterocycles. The lowest BCUT2D eigenvalue weighted by atomic mass is 9.91. The van der Waals surface area contributed by atoms with Crippen LogP contribution in [0.25, 0.3) is 0 Å². The van der Waals surface area contributed by atoms with Gasteiger partial charge in [0.15, 0.2) is 0 Å². The first-order valence-electron chi connectivity index (χ1n) is 19.8. The number of amides is 4. The molecule has 9 atom stereocenters. The zero-order valence-electron chi connectivity index (χ0n) is 36.7. The molecule has 9 unspecified atom stereocenters. The van der Waals surface area contributed by atoms with Crippen molar-refractivity contribution >= 4 is 24.1 Å². The molecule has 1 aliphatic rings. The molecule has 0 aromatic carbocycles. The van der Waals surface area contributed by atoms with Crippen molar-refractivity contribution in [3.05, 3.63) is 36.5 Å². The molecule has 1 rings (SSSR count). The molecule has 316 valence electrons. The fraction of sp³-hybridized carbons (Fsp3) is 0.762. The van der Waals surface area contributed by atoms with Gasteiger partial charge in [-0.2, -0.15) is 0 Å². The first-order valence-corrected chi connectivity index (χ1v) is 19.8. The highest BCUT2D eigenvalue weighted by Gasteiger charge is 2.38. The number of nitrogens with one attached hydrogen (secondary N) is 2. The number of carbonyl (C=O) groups excluding carboxylic acids is 4. The molecule has 0 aromatic heterocycles. The van der Waals surface area contributed by atoms with Crippen LogP contribution in [0.5, 0.6) is 0 Å². The number of nitrogens with zero attached hydrogens (tertiary/aromatic N) is 2. The summed E-state index contributed by atoms with van der Waals surface area (Å²) in [6.45, 7) is 25.9. The van der Waals surface area contributed by atoms with E-state index in [4.69, 9.17) is 15.2 Å². The first kappa shape index (κ1) is 55.3. The molecule has 1 heterocycles. The van der Waals surface area contributed by atoms with Gasteiger partial charge in [0.25, 0.3) is 0 Å². The van der Waals surface area contributed by atoms with Crippen LogP contribution >= 0.6 is 0 Å². The number of aliphatic hydroxyl groups excluding tert-OH is 1. The van der Waals surface area contributed by atoms with E-state index in [1.54, 1.807) is 53.0 Å². The predicted molar refractivity (Wildman–Crippen MR) is 223 cm³/mol. The summed E-state index contributed by atoms with van der Waals surface area (Å²) in [4.78, 5) is 49.4. The Balaban J connectivity index is -0.000000804. The molecule has 0 spiro atoms. The number of primary amides is 1. The van der Waals surface area contributed by atoms with Crippen molar-refractivity contribution in [1.29, 1.82) is 0 Å². The number of methoxy groups -OCH3 is 2. The Morgan fingerprint density at radius 2 is 1.61 bits per heavy atom. The van der Waals surface area contributed by atoms with Gasteiger partial charge in [0.2, 0.25) is 24.1 Å². The van der Waals surface area contributed by atoms with Crippen LogP contribution in [0.2, 0.25) is 0 Å². The molecule has 5 N–H and O–H groups in total. The quantitative estimate of drug-likeness (QED) is 0.0703. The van der Waals surface area contributed by atoms with Crippen LogP contribution in [0.4, 0.5) is 0 Å². The van der Waals surface area contributed by atoms with E-state index >= 15 is 0 Å². The molecule has 0 aromatic rings. The second kappa shape index (κ2) is 32.2. The van der Waals surface area contributed by atoms with Crippen LogP contribution in [-0.2, 0) is 28.7 Å². The Bertz CT molecular complexity index is 1090.